The van der Waals surface area contributed by atoms with Gasteiger partial charge in [0.05, 0.1) is 12.6 Å². The summed E-state index contributed by atoms with van der Waals surface area (Å²) < 4.78 is 5.57. The number of nitrogen functional groups attached to an aromatic ring is 1. The van der Waals surface area contributed by atoms with E-state index in [0.717, 1.165) is 6.54 Å². The maximum atomic E-state index is 6.07. The molecule has 0 aliphatic heterocycles. The van der Waals surface area contributed by atoms with Gasteiger partial charge < -0.3 is 15.4 Å². The zero-order chi connectivity index (χ0) is 13.8. The molecule has 0 atom stereocenters. The molecule has 2 aromatic heterocycles. The average molecular weight is 278 g/mol. The predicted octanol–water partition coefficient (Wildman–Crippen LogP) is 2.54. The third-order valence-corrected chi connectivity index (χ3v) is 3.37. The molecule has 0 unspecified atom stereocenters. The Balaban J connectivity index is 2.19. The Hall–Kier alpha value is -1.82. The summed E-state index contributed by atoms with van der Waals surface area (Å²) in [6.07, 6.45) is 1.52. The summed E-state index contributed by atoms with van der Waals surface area (Å²) in [5, 5.41) is 2.06. The predicted molar refractivity (Wildman–Crippen MR) is 78.6 cm³/mol. The van der Waals surface area contributed by atoms with E-state index < -0.39 is 0 Å². The van der Waals surface area contributed by atoms with Crippen molar-refractivity contribution in [3.8, 4) is 5.88 Å². The molecule has 0 bridgehead atoms. The monoisotopic (exact) mass is 278 g/mol. The van der Waals surface area contributed by atoms with Crippen molar-refractivity contribution in [1.29, 1.82) is 0 Å². The molecule has 5 nitrogen and oxygen atoms in total. The van der Waals surface area contributed by atoms with E-state index in [1.807, 2.05) is 31.9 Å². The fourth-order valence-corrected chi connectivity index (χ4v) is 2.46. The SMILES string of the molecule is CC(C)Oc1ncnc(N(C)Cc2cccs2)c1N. The maximum absolute atomic E-state index is 6.07. The van der Waals surface area contributed by atoms with Crippen LogP contribution < -0.4 is 15.4 Å². The van der Waals surface area contributed by atoms with Gasteiger partial charge >= 0.3 is 0 Å². The molecule has 0 radical (unpaired) electrons. The molecule has 2 aromatic rings. The number of anilines is 2. The van der Waals surface area contributed by atoms with Crippen LogP contribution >= 0.6 is 11.3 Å². The van der Waals surface area contributed by atoms with E-state index in [4.69, 9.17) is 10.5 Å². The highest BCUT2D eigenvalue weighted by Gasteiger charge is 2.14. The van der Waals surface area contributed by atoms with Gasteiger partial charge in [-0.15, -0.1) is 11.3 Å². The second-order valence-corrected chi connectivity index (χ2v) is 5.55. The number of rotatable bonds is 5. The lowest BCUT2D eigenvalue weighted by Gasteiger charge is -2.20. The van der Waals surface area contributed by atoms with Crippen LogP contribution in [0, 0.1) is 0 Å². The van der Waals surface area contributed by atoms with E-state index >= 15 is 0 Å². The van der Waals surface area contributed by atoms with Gasteiger partial charge in [0.15, 0.2) is 5.82 Å². The van der Waals surface area contributed by atoms with Gasteiger partial charge in [0.25, 0.3) is 0 Å². The summed E-state index contributed by atoms with van der Waals surface area (Å²) in [6.45, 7) is 4.65. The van der Waals surface area contributed by atoms with E-state index in [9.17, 15) is 0 Å². The molecule has 0 saturated carbocycles. The van der Waals surface area contributed by atoms with E-state index in [1.54, 1.807) is 11.3 Å². The number of hydrogen-bond donors (Lipinski definition) is 1. The minimum atomic E-state index is 0.0349. The Kier molecular flexibility index (Phi) is 4.21. The highest BCUT2D eigenvalue weighted by molar-refractivity contribution is 7.09. The molecule has 0 amide bonds. The molecule has 6 heteroatoms. The second kappa shape index (κ2) is 5.88. The van der Waals surface area contributed by atoms with Crippen LogP contribution in [0.5, 0.6) is 5.88 Å². The number of nitrogens with zero attached hydrogens (tertiary/aromatic N) is 3. The van der Waals surface area contributed by atoms with Crippen LogP contribution in [0.25, 0.3) is 0 Å². The molecule has 0 aliphatic carbocycles. The van der Waals surface area contributed by atoms with E-state index in [0.29, 0.717) is 17.4 Å². The Morgan fingerprint density at radius 3 is 2.84 bits per heavy atom. The molecule has 0 saturated heterocycles. The Bertz CT molecular complexity index is 527. The Morgan fingerprint density at radius 2 is 2.21 bits per heavy atom. The smallest absolute Gasteiger partial charge is 0.242 e. The van der Waals surface area contributed by atoms with Crippen molar-refractivity contribution in [2.75, 3.05) is 17.7 Å². The average Bonchev–Trinajstić information content (AvgIpc) is 2.84. The molecule has 2 rings (SSSR count). The summed E-state index contributed by atoms with van der Waals surface area (Å²) in [5.74, 6) is 1.14. The quantitative estimate of drug-likeness (QED) is 0.910. The number of thiophene rings is 1. The highest BCUT2D eigenvalue weighted by atomic mass is 32.1. The second-order valence-electron chi connectivity index (χ2n) is 4.52. The molecule has 0 spiro atoms. The summed E-state index contributed by atoms with van der Waals surface area (Å²) in [4.78, 5) is 11.6. The van der Waals surface area contributed by atoms with Crippen molar-refractivity contribution >= 4 is 22.8 Å². The van der Waals surface area contributed by atoms with Gasteiger partial charge in [-0.25, -0.2) is 4.98 Å². The molecule has 0 aromatic carbocycles. The molecule has 0 fully saturated rings. The largest absolute Gasteiger partial charge is 0.473 e. The summed E-state index contributed by atoms with van der Waals surface area (Å²) in [6, 6.07) is 4.12. The first-order chi connectivity index (χ1) is 9.08. The number of ether oxygens (including phenoxy) is 1. The van der Waals surface area contributed by atoms with Gasteiger partial charge in [-0.2, -0.15) is 4.98 Å². The van der Waals surface area contributed by atoms with Crippen molar-refractivity contribution in [2.24, 2.45) is 0 Å². The first kappa shape index (κ1) is 13.6. The van der Waals surface area contributed by atoms with E-state index in [2.05, 4.69) is 21.4 Å². The van der Waals surface area contributed by atoms with Gasteiger partial charge in [-0.3, -0.25) is 0 Å². The molecule has 2 heterocycles. The van der Waals surface area contributed by atoms with Crippen LogP contribution in [-0.2, 0) is 6.54 Å². The van der Waals surface area contributed by atoms with Crippen molar-refractivity contribution in [3.63, 3.8) is 0 Å². The maximum Gasteiger partial charge on any atom is 0.242 e. The van der Waals surface area contributed by atoms with Crippen LogP contribution in [0.2, 0.25) is 0 Å². The molecule has 102 valence electrons. The minimum Gasteiger partial charge on any atom is -0.473 e. The topological polar surface area (TPSA) is 64.3 Å². The van der Waals surface area contributed by atoms with E-state index in [1.165, 1.54) is 11.2 Å². The van der Waals surface area contributed by atoms with Crippen LogP contribution in [0.3, 0.4) is 0 Å². The summed E-state index contributed by atoms with van der Waals surface area (Å²) in [5.41, 5.74) is 6.55. The summed E-state index contributed by atoms with van der Waals surface area (Å²) in [7, 11) is 1.96. The highest BCUT2D eigenvalue weighted by Crippen LogP contribution is 2.29. The molecular formula is C13H18N4OS. The van der Waals surface area contributed by atoms with Gasteiger partial charge in [-0.1, -0.05) is 6.07 Å². The lowest BCUT2D eigenvalue weighted by Crippen LogP contribution is -2.20. The lowest BCUT2D eigenvalue weighted by molar-refractivity contribution is 0.234. The first-order valence-electron chi connectivity index (χ1n) is 6.08. The van der Waals surface area contributed by atoms with Gasteiger partial charge in [-0.05, 0) is 25.3 Å². The standard InChI is InChI=1S/C13H18N4OS/c1-9(2)18-13-11(14)12(15-8-16-13)17(3)7-10-5-4-6-19-10/h4-6,8-9H,7,14H2,1-3H3. The Labute approximate surface area is 117 Å². The van der Waals surface area contributed by atoms with Crippen molar-refractivity contribution in [3.05, 3.63) is 28.7 Å². The van der Waals surface area contributed by atoms with Gasteiger partial charge in [0.2, 0.25) is 5.88 Å². The normalized spacial score (nSPS) is 10.7. The van der Waals surface area contributed by atoms with Crippen LogP contribution in [-0.4, -0.2) is 23.1 Å². The number of aromatic nitrogens is 2. The van der Waals surface area contributed by atoms with Crippen molar-refractivity contribution < 1.29 is 4.74 Å². The third kappa shape index (κ3) is 3.35. The first-order valence-corrected chi connectivity index (χ1v) is 6.96. The van der Waals surface area contributed by atoms with Crippen LogP contribution in [0.15, 0.2) is 23.8 Å². The Morgan fingerprint density at radius 1 is 1.42 bits per heavy atom. The fraction of sp³-hybridized carbons (Fsp3) is 0.385. The van der Waals surface area contributed by atoms with Crippen molar-refractivity contribution in [1.82, 2.24) is 9.97 Å². The minimum absolute atomic E-state index is 0.0349. The molecule has 19 heavy (non-hydrogen) atoms. The lowest BCUT2D eigenvalue weighted by atomic mass is 10.3. The van der Waals surface area contributed by atoms with Gasteiger partial charge in [0.1, 0.15) is 12.0 Å². The fourth-order valence-electron chi connectivity index (χ4n) is 1.70. The van der Waals surface area contributed by atoms with Crippen LogP contribution in [0.4, 0.5) is 11.5 Å². The molecule has 0 aliphatic rings. The van der Waals surface area contributed by atoms with E-state index in [-0.39, 0.29) is 6.10 Å². The zero-order valence-corrected chi connectivity index (χ0v) is 12.1. The molecule has 2 N–H and O–H groups in total. The molecular weight excluding hydrogens is 260 g/mol. The van der Waals surface area contributed by atoms with Gasteiger partial charge in [0, 0.05) is 11.9 Å². The van der Waals surface area contributed by atoms with Crippen molar-refractivity contribution in [2.45, 2.75) is 26.5 Å². The summed E-state index contributed by atoms with van der Waals surface area (Å²) >= 11 is 1.71. The zero-order valence-electron chi connectivity index (χ0n) is 11.3. The number of hydrogen-bond acceptors (Lipinski definition) is 6. The number of nitrogens with two attached hydrogens (primary N) is 1. The third-order valence-electron chi connectivity index (χ3n) is 2.51. The van der Waals surface area contributed by atoms with Crippen LogP contribution in [0.1, 0.15) is 18.7 Å².